The highest BCUT2D eigenvalue weighted by Gasteiger charge is 2.22. The molecule has 31 heavy (non-hydrogen) atoms. The van der Waals surface area contributed by atoms with Crippen molar-refractivity contribution in [3.63, 3.8) is 0 Å². The predicted octanol–water partition coefficient (Wildman–Crippen LogP) is 2.79. The summed E-state index contributed by atoms with van der Waals surface area (Å²) in [6.45, 7) is 1.79. The summed E-state index contributed by atoms with van der Waals surface area (Å²) < 4.78 is 0. The average Bonchev–Trinajstić information content (AvgIpc) is 2.79. The zero-order valence-electron chi connectivity index (χ0n) is 17.5. The van der Waals surface area contributed by atoms with Crippen molar-refractivity contribution >= 4 is 23.6 Å². The van der Waals surface area contributed by atoms with Crippen LogP contribution >= 0.6 is 0 Å². The Labute approximate surface area is 181 Å². The smallest absolute Gasteiger partial charge is 0.407 e. The highest BCUT2D eigenvalue weighted by molar-refractivity contribution is 5.94. The minimum absolute atomic E-state index is 0.374. The second-order valence-electron chi connectivity index (χ2n) is 8.13. The molecular weight excluding hydrogens is 396 g/mol. The Kier molecular flexibility index (Phi) is 6.20. The maximum atomic E-state index is 12.0. The van der Waals surface area contributed by atoms with Gasteiger partial charge in [0, 0.05) is 49.5 Å². The molecule has 1 aliphatic heterocycles. The molecule has 1 saturated heterocycles. The Hall–Kier alpha value is -3.36. The molecule has 0 spiro atoms. The Morgan fingerprint density at radius 1 is 1.06 bits per heavy atom. The molecular formula is C22H28N6O3. The van der Waals surface area contributed by atoms with Crippen molar-refractivity contribution in [3.05, 3.63) is 36.0 Å². The number of primary amides is 1. The van der Waals surface area contributed by atoms with E-state index in [-0.39, 0.29) is 0 Å². The van der Waals surface area contributed by atoms with Gasteiger partial charge in [0.15, 0.2) is 0 Å². The molecule has 164 valence electrons. The van der Waals surface area contributed by atoms with Crippen LogP contribution in [0.15, 0.2) is 30.5 Å². The van der Waals surface area contributed by atoms with Gasteiger partial charge in [0.1, 0.15) is 11.6 Å². The van der Waals surface area contributed by atoms with Crippen molar-refractivity contribution in [2.75, 3.05) is 36.4 Å². The molecule has 1 aliphatic carbocycles. The fourth-order valence-corrected chi connectivity index (χ4v) is 4.22. The van der Waals surface area contributed by atoms with E-state index < -0.39 is 12.0 Å². The molecule has 9 nitrogen and oxygen atoms in total. The van der Waals surface area contributed by atoms with Gasteiger partial charge in [-0.25, -0.2) is 14.8 Å². The molecule has 2 aliphatic rings. The van der Waals surface area contributed by atoms with Crippen LogP contribution in [0.25, 0.3) is 11.3 Å². The van der Waals surface area contributed by atoms with E-state index in [1.165, 1.54) is 24.2 Å². The lowest BCUT2D eigenvalue weighted by Gasteiger charge is -2.34. The number of carbonyl (C=O) groups is 2. The SMILES string of the molecule is NC(=O)c1cc(-c2ccnc(NC3CCCCC3)c2)nc(N2CCN(C(=O)O)CC2)c1. The van der Waals surface area contributed by atoms with Gasteiger partial charge in [0.05, 0.1) is 5.69 Å². The molecule has 2 amide bonds. The third-order valence-corrected chi connectivity index (χ3v) is 5.98. The van der Waals surface area contributed by atoms with E-state index in [1.54, 1.807) is 18.3 Å². The number of hydrogen-bond donors (Lipinski definition) is 3. The lowest BCUT2D eigenvalue weighted by molar-refractivity contribution is 0.1000. The predicted molar refractivity (Wildman–Crippen MR) is 118 cm³/mol. The van der Waals surface area contributed by atoms with E-state index in [0.29, 0.717) is 49.3 Å². The zero-order valence-corrected chi connectivity index (χ0v) is 17.5. The van der Waals surface area contributed by atoms with Crippen molar-refractivity contribution in [3.8, 4) is 11.3 Å². The van der Waals surface area contributed by atoms with Crippen LogP contribution in [0.3, 0.4) is 0 Å². The van der Waals surface area contributed by atoms with Crippen LogP contribution in [0.2, 0.25) is 0 Å². The standard InChI is InChI=1S/C22H28N6O3/c23-21(29)16-12-18(26-20(14-16)27-8-10-28(11-9-27)22(30)31)15-6-7-24-19(13-15)25-17-4-2-1-3-5-17/h6-7,12-14,17H,1-5,8-11H2,(H2,23,29)(H,24,25)(H,30,31). The molecule has 2 aromatic heterocycles. The normalized spacial score (nSPS) is 17.4. The van der Waals surface area contributed by atoms with Crippen molar-refractivity contribution in [1.29, 1.82) is 0 Å². The van der Waals surface area contributed by atoms with Crippen molar-refractivity contribution in [2.45, 2.75) is 38.1 Å². The Bertz CT molecular complexity index is 952. The molecule has 0 radical (unpaired) electrons. The number of hydrogen-bond acceptors (Lipinski definition) is 6. The Morgan fingerprint density at radius 3 is 2.48 bits per heavy atom. The van der Waals surface area contributed by atoms with Crippen LogP contribution < -0.4 is 16.0 Å². The van der Waals surface area contributed by atoms with Crippen LogP contribution in [0.5, 0.6) is 0 Å². The molecule has 2 fully saturated rings. The summed E-state index contributed by atoms with van der Waals surface area (Å²) >= 11 is 0. The summed E-state index contributed by atoms with van der Waals surface area (Å²) in [5.74, 6) is 0.894. The number of nitrogens with two attached hydrogens (primary N) is 1. The summed E-state index contributed by atoms with van der Waals surface area (Å²) in [6.07, 6.45) is 6.87. The highest BCUT2D eigenvalue weighted by atomic mass is 16.4. The number of aromatic nitrogens is 2. The summed E-state index contributed by atoms with van der Waals surface area (Å²) in [7, 11) is 0. The molecule has 4 N–H and O–H groups in total. The van der Waals surface area contributed by atoms with Crippen molar-refractivity contribution in [1.82, 2.24) is 14.9 Å². The van der Waals surface area contributed by atoms with Gasteiger partial charge in [-0.2, -0.15) is 0 Å². The fourth-order valence-electron chi connectivity index (χ4n) is 4.22. The van der Waals surface area contributed by atoms with E-state index in [2.05, 4.69) is 10.3 Å². The molecule has 2 aromatic rings. The number of nitrogens with zero attached hydrogens (tertiary/aromatic N) is 4. The molecule has 0 unspecified atom stereocenters. The van der Waals surface area contributed by atoms with Gasteiger partial charge in [-0.05, 0) is 37.1 Å². The lowest BCUT2D eigenvalue weighted by Crippen LogP contribution is -2.48. The van der Waals surface area contributed by atoms with Crippen LogP contribution in [0, 0.1) is 0 Å². The lowest BCUT2D eigenvalue weighted by atomic mass is 9.95. The second kappa shape index (κ2) is 9.20. The fraction of sp³-hybridized carbons (Fsp3) is 0.455. The third kappa shape index (κ3) is 5.04. The average molecular weight is 425 g/mol. The number of rotatable bonds is 5. The van der Waals surface area contributed by atoms with E-state index in [0.717, 1.165) is 24.2 Å². The Morgan fingerprint density at radius 2 is 1.81 bits per heavy atom. The molecule has 0 bridgehead atoms. The molecule has 3 heterocycles. The topological polar surface area (TPSA) is 125 Å². The van der Waals surface area contributed by atoms with Crippen LogP contribution in [0.4, 0.5) is 16.4 Å². The first-order valence-corrected chi connectivity index (χ1v) is 10.8. The van der Waals surface area contributed by atoms with Gasteiger partial charge in [-0.15, -0.1) is 0 Å². The maximum Gasteiger partial charge on any atom is 0.407 e. The van der Waals surface area contributed by atoms with Gasteiger partial charge in [-0.3, -0.25) is 4.79 Å². The summed E-state index contributed by atoms with van der Waals surface area (Å²) in [6, 6.07) is 7.62. The first-order valence-electron chi connectivity index (χ1n) is 10.8. The van der Waals surface area contributed by atoms with Crippen molar-refractivity contribution in [2.24, 2.45) is 5.73 Å². The number of carboxylic acid groups (broad SMARTS) is 1. The van der Waals surface area contributed by atoms with Gasteiger partial charge in [0.25, 0.3) is 0 Å². The Balaban J connectivity index is 1.58. The number of anilines is 2. The number of pyridine rings is 2. The van der Waals surface area contributed by atoms with E-state index in [4.69, 9.17) is 15.8 Å². The monoisotopic (exact) mass is 424 g/mol. The number of piperazine rings is 1. The van der Waals surface area contributed by atoms with Crippen LogP contribution in [0.1, 0.15) is 42.5 Å². The molecule has 0 atom stereocenters. The number of carbonyl (C=O) groups excluding carboxylic acids is 1. The second-order valence-corrected chi connectivity index (χ2v) is 8.13. The minimum Gasteiger partial charge on any atom is -0.465 e. The maximum absolute atomic E-state index is 12.0. The van der Waals surface area contributed by atoms with Crippen molar-refractivity contribution < 1.29 is 14.7 Å². The summed E-state index contributed by atoms with van der Waals surface area (Å²) in [5.41, 5.74) is 7.44. The third-order valence-electron chi connectivity index (χ3n) is 5.98. The van der Waals surface area contributed by atoms with E-state index >= 15 is 0 Å². The zero-order chi connectivity index (χ0) is 21.8. The largest absolute Gasteiger partial charge is 0.465 e. The van der Waals surface area contributed by atoms with Gasteiger partial charge < -0.3 is 26.0 Å². The quantitative estimate of drug-likeness (QED) is 0.674. The molecule has 0 aromatic carbocycles. The minimum atomic E-state index is -0.922. The van der Waals surface area contributed by atoms with Gasteiger partial charge in [-0.1, -0.05) is 19.3 Å². The molecule has 4 rings (SSSR count). The molecule has 9 heteroatoms. The van der Waals surface area contributed by atoms with E-state index in [9.17, 15) is 9.59 Å². The van der Waals surface area contributed by atoms with Crippen LogP contribution in [-0.4, -0.2) is 64.2 Å². The van der Waals surface area contributed by atoms with Gasteiger partial charge >= 0.3 is 6.09 Å². The summed E-state index contributed by atoms with van der Waals surface area (Å²) in [5, 5.41) is 12.7. The van der Waals surface area contributed by atoms with Gasteiger partial charge in [0.2, 0.25) is 5.91 Å². The van der Waals surface area contributed by atoms with E-state index in [1.807, 2.05) is 17.0 Å². The molecule has 1 saturated carbocycles. The highest BCUT2D eigenvalue weighted by Crippen LogP contribution is 2.27. The van der Waals surface area contributed by atoms with Crippen LogP contribution in [-0.2, 0) is 0 Å². The summed E-state index contributed by atoms with van der Waals surface area (Å²) in [4.78, 5) is 35.7. The first kappa shape index (κ1) is 20.9. The number of amides is 2. The first-order chi connectivity index (χ1) is 15.0. The number of nitrogens with one attached hydrogen (secondary N) is 1.